The fourth-order valence-corrected chi connectivity index (χ4v) is 3.08. The van der Waals surface area contributed by atoms with E-state index in [0.29, 0.717) is 12.1 Å². The van der Waals surface area contributed by atoms with Crippen LogP contribution >= 0.6 is 0 Å². The standard InChI is InChI=1S/C15H21NO/c1-15(2)8-7-13(17-15)10-12-9-11-5-3-4-6-14(11)16-12/h3-6,12-13,16H,7-10H2,1-2H3. The number of hydrogen-bond donors (Lipinski definition) is 1. The van der Waals surface area contributed by atoms with Crippen molar-refractivity contribution in [2.75, 3.05) is 5.32 Å². The van der Waals surface area contributed by atoms with Crippen molar-refractivity contribution in [1.82, 2.24) is 0 Å². The van der Waals surface area contributed by atoms with Gasteiger partial charge in [-0.2, -0.15) is 0 Å². The Morgan fingerprint density at radius 3 is 2.88 bits per heavy atom. The van der Waals surface area contributed by atoms with Gasteiger partial charge in [-0.3, -0.25) is 0 Å². The van der Waals surface area contributed by atoms with Crippen molar-refractivity contribution >= 4 is 5.69 Å². The molecule has 1 aromatic carbocycles. The Bertz CT molecular complexity index is 388. The number of benzene rings is 1. The molecule has 1 N–H and O–H groups in total. The Morgan fingerprint density at radius 2 is 2.18 bits per heavy atom. The van der Waals surface area contributed by atoms with Gasteiger partial charge in [-0.1, -0.05) is 18.2 Å². The number of fused-ring (bicyclic) bond motifs is 1. The summed E-state index contributed by atoms with van der Waals surface area (Å²) in [5.74, 6) is 0. The van der Waals surface area contributed by atoms with Crippen molar-refractivity contribution in [2.45, 2.75) is 57.3 Å². The molecule has 0 aliphatic carbocycles. The van der Waals surface area contributed by atoms with E-state index in [1.807, 2.05) is 0 Å². The van der Waals surface area contributed by atoms with Gasteiger partial charge in [0, 0.05) is 11.7 Å². The van der Waals surface area contributed by atoms with E-state index >= 15 is 0 Å². The second-order valence-corrected chi connectivity index (χ2v) is 5.98. The lowest BCUT2D eigenvalue weighted by molar-refractivity contribution is -0.0197. The lowest BCUT2D eigenvalue weighted by Gasteiger charge is -2.21. The molecule has 2 aliphatic rings. The Morgan fingerprint density at radius 1 is 1.35 bits per heavy atom. The first-order valence-corrected chi connectivity index (χ1v) is 6.65. The molecule has 2 nitrogen and oxygen atoms in total. The molecule has 0 radical (unpaired) electrons. The molecule has 2 unspecified atom stereocenters. The van der Waals surface area contributed by atoms with Crippen LogP contribution in [0.4, 0.5) is 5.69 Å². The van der Waals surface area contributed by atoms with Crippen LogP contribution in [0.15, 0.2) is 24.3 Å². The van der Waals surface area contributed by atoms with Crippen LogP contribution in [-0.2, 0) is 11.2 Å². The highest BCUT2D eigenvalue weighted by atomic mass is 16.5. The maximum absolute atomic E-state index is 6.07. The smallest absolute Gasteiger partial charge is 0.0631 e. The van der Waals surface area contributed by atoms with E-state index in [-0.39, 0.29) is 5.60 Å². The molecular formula is C15H21NO. The van der Waals surface area contributed by atoms with Crippen LogP contribution in [0.2, 0.25) is 0 Å². The topological polar surface area (TPSA) is 21.3 Å². The van der Waals surface area contributed by atoms with Crippen LogP contribution in [0.5, 0.6) is 0 Å². The molecule has 2 aliphatic heterocycles. The van der Waals surface area contributed by atoms with Crippen LogP contribution in [-0.4, -0.2) is 17.7 Å². The zero-order valence-electron chi connectivity index (χ0n) is 10.7. The predicted molar refractivity (Wildman–Crippen MR) is 70.4 cm³/mol. The Kier molecular flexibility index (Phi) is 2.62. The average Bonchev–Trinajstić information content (AvgIpc) is 2.81. The summed E-state index contributed by atoms with van der Waals surface area (Å²) in [7, 11) is 0. The van der Waals surface area contributed by atoms with Gasteiger partial charge < -0.3 is 10.1 Å². The predicted octanol–water partition coefficient (Wildman–Crippen LogP) is 3.37. The van der Waals surface area contributed by atoms with Crippen molar-refractivity contribution in [3.63, 3.8) is 0 Å². The molecule has 92 valence electrons. The molecule has 0 bridgehead atoms. The van der Waals surface area contributed by atoms with Crippen molar-refractivity contribution < 1.29 is 4.74 Å². The van der Waals surface area contributed by atoms with Crippen molar-refractivity contribution in [3.05, 3.63) is 29.8 Å². The van der Waals surface area contributed by atoms with Gasteiger partial charge in [-0.15, -0.1) is 0 Å². The molecule has 1 saturated heterocycles. The highest BCUT2D eigenvalue weighted by Crippen LogP contribution is 2.34. The van der Waals surface area contributed by atoms with Crippen LogP contribution < -0.4 is 5.32 Å². The van der Waals surface area contributed by atoms with Gasteiger partial charge in [0.25, 0.3) is 0 Å². The molecule has 17 heavy (non-hydrogen) atoms. The monoisotopic (exact) mass is 231 g/mol. The van der Waals surface area contributed by atoms with Gasteiger partial charge in [-0.25, -0.2) is 0 Å². The van der Waals surface area contributed by atoms with Crippen LogP contribution in [0.3, 0.4) is 0 Å². The lowest BCUT2D eigenvalue weighted by atomic mass is 10.0. The summed E-state index contributed by atoms with van der Waals surface area (Å²) in [6.45, 7) is 4.40. The van der Waals surface area contributed by atoms with Gasteiger partial charge in [0.05, 0.1) is 11.7 Å². The van der Waals surface area contributed by atoms with E-state index in [9.17, 15) is 0 Å². The van der Waals surface area contributed by atoms with Gasteiger partial charge in [-0.05, 0) is 51.2 Å². The SMILES string of the molecule is CC1(C)CCC(CC2Cc3ccccc3N2)O1. The molecule has 2 heterocycles. The summed E-state index contributed by atoms with van der Waals surface area (Å²) in [5.41, 5.74) is 2.86. The van der Waals surface area contributed by atoms with E-state index in [4.69, 9.17) is 4.74 Å². The molecule has 1 aromatic rings. The number of para-hydroxylation sites is 1. The van der Waals surface area contributed by atoms with E-state index < -0.39 is 0 Å². The maximum Gasteiger partial charge on any atom is 0.0631 e. The van der Waals surface area contributed by atoms with Crippen LogP contribution in [0.25, 0.3) is 0 Å². The Balaban J connectivity index is 1.59. The molecule has 0 saturated carbocycles. The minimum atomic E-state index is 0.0934. The van der Waals surface area contributed by atoms with E-state index in [1.165, 1.54) is 24.1 Å². The highest BCUT2D eigenvalue weighted by molar-refractivity contribution is 5.56. The average molecular weight is 231 g/mol. The van der Waals surface area contributed by atoms with Crippen molar-refractivity contribution in [3.8, 4) is 0 Å². The molecule has 2 atom stereocenters. The summed E-state index contributed by atoms with van der Waals surface area (Å²) >= 11 is 0. The molecule has 1 fully saturated rings. The van der Waals surface area contributed by atoms with Crippen LogP contribution in [0, 0.1) is 0 Å². The second kappa shape index (κ2) is 4.02. The zero-order chi connectivity index (χ0) is 11.9. The quantitative estimate of drug-likeness (QED) is 0.842. The van der Waals surface area contributed by atoms with E-state index in [1.54, 1.807) is 0 Å². The summed E-state index contributed by atoms with van der Waals surface area (Å²) in [4.78, 5) is 0. The molecule has 0 spiro atoms. The number of ether oxygens (including phenoxy) is 1. The Hall–Kier alpha value is -1.02. The number of hydrogen-bond acceptors (Lipinski definition) is 2. The number of rotatable bonds is 2. The maximum atomic E-state index is 6.07. The lowest BCUT2D eigenvalue weighted by Crippen LogP contribution is -2.26. The summed E-state index contributed by atoms with van der Waals surface area (Å²) < 4.78 is 6.07. The molecule has 3 rings (SSSR count). The van der Waals surface area contributed by atoms with Gasteiger partial charge in [0.1, 0.15) is 0 Å². The second-order valence-electron chi connectivity index (χ2n) is 5.98. The molecular weight excluding hydrogens is 210 g/mol. The largest absolute Gasteiger partial charge is 0.382 e. The van der Waals surface area contributed by atoms with E-state index in [0.717, 1.165) is 12.8 Å². The van der Waals surface area contributed by atoms with Gasteiger partial charge in [0.15, 0.2) is 0 Å². The van der Waals surface area contributed by atoms with E-state index in [2.05, 4.69) is 43.4 Å². The minimum absolute atomic E-state index is 0.0934. The first-order chi connectivity index (χ1) is 8.12. The minimum Gasteiger partial charge on any atom is -0.382 e. The number of nitrogens with one attached hydrogen (secondary N) is 1. The first kappa shape index (κ1) is 11.1. The van der Waals surface area contributed by atoms with Gasteiger partial charge in [0.2, 0.25) is 0 Å². The van der Waals surface area contributed by atoms with Crippen molar-refractivity contribution in [1.29, 1.82) is 0 Å². The fourth-order valence-electron chi connectivity index (χ4n) is 3.08. The number of anilines is 1. The third-order valence-corrected chi connectivity index (χ3v) is 3.94. The molecule has 2 heteroatoms. The summed E-state index contributed by atoms with van der Waals surface area (Å²) in [6.07, 6.45) is 5.13. The highest BCUT2D eigenvalue weighted by Gasteiger charge is 2.34. The Labute approximate surface area is 103 Å². The first-order valence-electron chi connectivity index (χ1n) is 6.65. The fraction of sp³-hybridized carbons (Fsp3) is 0.600. The van der Waals surface area contributed by atoms with Crippen LogP contribution in [0.1, 0.15) is 38.7 Å². The van der Waals surface area contributed by atoms with Gasteiger partial charge >= 0.3 is 0 Å². The molecule has 0 aromatic heterocycles. The third kappa shape index (κ3) is 2.32. The third-order valence-electron chi connectivity index (χ3n) is 3.94. The summed E-state index contributed by atoms with van der Waals surface area (Å²) in [5, 5.41) is 3.61. The molecule has 0 amide bonds. The van der Waals surface area contributed by atoms with Crippen molar-refractivity contribution in [2.24, 2.45) is 0 Å². The normalized spacial score (nSPS) is 30.0. The summed E-state index contributed by atoms with van der Waals surface area (Å²) in [6, 6.07) is 9.18. The zero-order valence-corrected chi connectivity index (χ0v) is 10.7.